The van der Waals surface area contributed by atoms with Crippen LogP contribution in [-0.4, -0.2) is 37.5 Å². The molecule has 8 heteroatoms. The molecule has 0 aliphatic carbocycles. The SMILES string of the molecule is COc1ccc(C(=O)N2CC(=O)Nc3ccc(F)cc3C2c2cccs2)c(OC)c1. The third kappa shape index (κ3) is 3.61. The van der Waals surface area contributed by atoms with Gasteiger partial charge in [-0.3, -0.25) is 9.59 Å². The topological polar surface area (TPSA) is 67.9 Å². The molecule has 6 nitrogen and oxygen atoms in total. The van der Waals surface area contributed by atoms with E-state index in [1.54, 1.807) is 18.2 Å². The Labute approximate surface area is 176 Å². The molecule has 0 spiro atoms. The van der Waals surface area contributed by atoms with Crippen LogP contribution in [0, 0.1) is 5.82 Å². The predicted octanol–water partition coefficient (Wildman–Crippen LogP) is 4.09. The second kappa shape index (κ2) is 8.16. The third-order valence-electron chi connectivity index (χ3n) is 4.92. The second-order valence-corrected chi connectivity index (χ2v) is 7.68. The highest BCUT2D eigenvalue weighted by molar-refractivity contribution is 7.10. The zero-order chi connectivity index (χ0) is 21.3. The summed E-state index contributed by atoms with van der Waals surface area (Å²) in [6, 6.07) is 12.1. The molecule has 2 heterocycles. The summed E-state index contributed by atoms with van der Waals surface area (Å²) in [5.41, 5.74) is 1.29. The Morgan fingerprint density at radius 3 is 2.70 bits per heavy atom. The van der Waals surface area contributed by atoms with Crippen LogP contribution >= 0.6 is 11.3 Å². The minimum absolute atomic E-state index is 0.188. The van der Waals surface area contributed by atoms with Gasteiger partial charge >= 0.3 is 0 Å². The van der Waals surface area contributed by atoms with Crippen LogP contribution in [0.2, 0.25) is 0 Å². The van der Waals surface area contributed by atoms with Crippen molar-refractivity contribution in [2.75, 3.05) is 26.1 Å². The lowest BCUT2D eigenvalue weighted by Crippen LogP contribution is -2.38. The van der Waals surface area contributed by atoms with Crippen molar-refractivity contribution in [2.45, 2.75) is 6.04 Å². The van der Waals surface area contributed by atoms with Gasteiger partial charge in [0.05, 0.1) is 25.8 Å². The van der Waals surface area contributed by atoms with Gasteiger partial charge in [-0.2, -0.15) is 0 Å². The number of carbonyl (C=O) groups is 2. The Morgan fingerprint density at radius 2 is 2.00 bits per heavy atom. The molecule has 0 bridgehead atoms. The highest BCUT2D eigenvalue weighted by atomic mass is 32.1. The average molecular weight is 426 g/mol. The van der Waals surface area contributed by atoms with Gasteiger partial charge in [0.25, 0.3) is 5.91 Å². The number of benzene rings is 2. The Morgan fingerprint density at radius 1 is 1.17 bits per heavy atom. The van der Waals surface area contributed by atoms with Gasteiger partial charge in [-0.15, -0.1) is 11.3 Å². The van der Waals surface area contributed by atoms with Crippen LogP contribution < -0.4 is 14.8 Å². The third-order valence-corrected chi connectivity index (χ3v) is 5.85. The largest absolute Gasteiger partial charge is 0.497 e. The minimum Gasteiger partial charge on any atom is -0.497 e. The van der Waals surface area contributed by atoms with Crippen molar-refractivity contribution in [3.8, 4) is 11.5 Å². The fourth-order valence-corrected chi connectivity index (χ4v) is 4.40. The van der Waals surface area contributed by atoms with Gasteiger partial charge in [0.2, 0.25) is 5.91 Å². The van der Waals surface area contributed by atoms with E-state index >= 15 is 0 Å². The number of hydrogen-bond acceptors (Lipinski definition) is 5. The minimum atomic E-state index is -0.631. The smallest absolute Gasteiger partial charge is 0.258 e. The molecule has 1 N–H and O–H groups in total. The number of nitrogens with one attached hydrogen (secondary N) is 1. The number of nitrogens with zero attached hydrogens (tertiary/aromatic N) is 1. The number of halogens is 1. The van der Waals surface area contributed by atoms with Crippen molar-refractivity contribution in [2.24, 2.45) is 0 Å². The van der Waals surface area contributed by atoms with E-state index in [4.69, 9.17) is 9.47 Å². The number of ether oxygens (including phenoxy) is 2. The predicted molar refractivity (Wildman–Crippen MR) is 112 cm³/mol. The molecule has 3 aromatic rings. The van der Waals surface area contributed by atoms with E-state index in [0.29, 0.717) is 22.7 Å². The Kier molecular flexibility index (Phi) is 5.41. The Bertz CT molecular complexity index is 1100. The van der Waals surface area contributed by atoms with Crippen molar-refractivity contribution in [1.82, 2.24) is 4.90 Å². The fourth-order valence-electron chi connectivity index (χ4n) is 3.55. The molecular formula is C22H19FN2O4S. The lowest BCUT2D eigenvalue weighted by molar-refractivity contribution is -0.117. The van der Waals surface area contributed by atoms with Gasteiger partial charge in [0.15, 0.2) is 0 Å². The van der Waals surface area contributed by atoms with Gasteiger partial charge in [-0.25, -0.2) is 4.39 Å². The van der Waals surface area contributed by atoms with Crippen molar-refractivity contribution in [3.63, 3.8) is 0 Å². The molecule has 0 radical (unpaired) electrons. The van der Waals surface area contributed by atoms with Gasteiger partial charge in [0.1, 0.15) is 23.9 Å². The first kappa shape index (κ1) is 19.9. The number of hydrogen-bond donors (Lipinski definition) is 1. The molecule has 1 unspecified atom stereocenters. The van der Waals surface area contributed by atoms with Crippen LogP contribution in [0.1, 0.15) is 26.8 Å². The van der Waals surface area contributed by atoms with Crippen LogP contribution in [0.3, 0.4) is 0 Å². The summed E-state index contributed by atoms with van der Waals surface area (Å²) >= 11 is 1.44. The maximum atomic E-state index is 14.1. The zero-order valence-corrected chi connectivity index (χ0v) is 17.2. The molecule has 0 saturated carbocycles. The first-order valence-corrected chi connectivity index (χ1v) is 10.1. The van der Waals surface area contributed by atoms with Crippen molar-refractivity contribution < 1.29 is 23.5 Å². The van der Waals surface area contributed by atoms with Gasteiger partial charge < -0.3 is 19.7 Å². The Balaban J connectivity index is 1.86. The lowest BCUT2D eigenvalue weighted by atomic mass is 10.0. The first-order valence-electron chi connectivity index (χ1n) is 9.17. The second-order valence-electron chi connectivity index (χ2n) is 6.70. The molecule has 0 fully saturated rings. The monoisotopic (exact) mass is 426 g/mol. The van der Waals surface area contributed by atoms with Crippen LogP contribution in [0.4, 0.5) is 10.1 Å². The van der Waals surface area contributed by atoms with E-state index in [0.717, 1.165) is 4.88 Å². The normalized spacial score (nSPS) is 15.8. The fraction of sp³-hybridized carbons (Fsp3) is 0.182. The van der Waals surface area contributed by atoms with Crippen LogP contribution in [0.25, 0.3) is 0 Å². The van der Waals surface area contributed by atoms with E-state index in [9.17, 15) is 14.0 Å². The summed E-state index contributed by atoms with van der Waals surface area (Å²) in [4.78, 5) is 28.5. The maximum absolute atomic E-state index is 14.1. The molecule has 30 heavy (non-hydrogen) atoms. The summed E-state index contributed by atoms with van der Waals surface area (Å²) < 4.78 is 24.7. The van der Waals surface area contributed by atoms with Crippen molar-refractivity contribution in [1.29, 1.82) is 0 Å². The van der Waals surface area contributed by atoms with Crippen LogP contribution in [-0.2, 0) is 4.79 Å². The van der Waals surface area contributed by atoms with Gasteiger partial charge in [-0.1, -0.05) is 6.07 Å². The van der Waals surface area contributed by atoms with E-state index in [-0.39, 0.29) is 18.0 Å². The first-order chi connectivity index (χ1) is 14.5. The van der Waals surface area contributed by atoms with Gasteiger partial charge in [-0.05, 0) is 41.8 Å². The van der Waals surface area contributed by atoms with E-state index in [1.807, 2.05) is 17.5 Å². The standard InChI is InChI=1S/C22H19FN2O4S/c1-28-14-6-7-15(18(11-14)29-2)22(27)25-12-20(26)24-17-8-5-13(23)10-16(17)21(25)19-4-3-9-30-19/h3-11,21H,12H2,1-2H3,(H,24,26). The number of fused-ring (bicyclic) bond motifs is 1. The molecule has 1 aliphatic rings. The summed E-state index contributed by atoms with van der Waals surface area (Å²) in [7, 11) is 2.98. The molecule has 1 atom stereocenters. The van der Waals surface area contributed by atoms with E-state index in [1.165, 1.54) is 48.7 Å². The molecule has 2 amide bonds. The summed E-state index contributed by atoms with van der Waals surface area (Å²) in [5.74, 6) is -0.337. The van der Waals surface area contributed by atoms with Crippen molar-refractivity contribution in [3.05, 3.63) is 75.7 Å². The number of thiophene rings is 1. The molecule has 2 aromatic carbocycles. The maximum Gasteiger partial charge on any atom is 0.258 e. The Hall–Kier alpha value is -3.39. The van der Waals surface area contributed by atoms with Crippen LogP contribution in [0.5, 0.6) is 11.5 Å². The van der Waals surface area contributed by atoms with E-state index < -0.39 is 17.8 Å². The number of amides is 2. The number of carbonyl (C=O) groups excluding carboxylic acids is 2. The van der Waals surface area contributed by atoms with Crippen molar-refractivity contribution >= 4 is 28.8 Å². The lowest BCUT2D eigenvalue weighted by Gasteiger charge is -2.30. The van der Waals surface area contributed by atoms with E-state index in [2.05, 4.69) is 5.32 Å². The number of rotatable bonds is 4. The zero-order valence-electron chi connectivity index (χ0n) is 16.3. The molecule has 1 aliphatic heterocycles. The molecule has 0 saturated heterocycles. The van der Waals surface area contributed by atoms with Gasteiger partial charge in [0, 0.05) is 22.2 Å². The highest BCUT2D eigenvalue weighted by Crippen LogP contribution is 2.39. The highest BCUT2D eigenvalue weighted by Gasteiger charge is 2.35. The molecule has 1 aromatic heterocycles. The molecular weight excluding hydrogens is 407 g/mol. The van der Waals surface area contributed by atoms with Crippen LogP contribution in [0.15, 0.2) is 53.9 Å². The molecule has 154 valence electrons. The summed E-state index contributed by atoms with van der Waals surface area (Å²) in [5, 5.41) is 4.66. The quantitative estimate of drug-likeness (QED) is 0.682. The average Bonchev–Trinajstić information content (AvgIpc) is 3.23. The molecule has 4 rings (SSSR count). The summed E-state index contributed by atoms with van der Waals surface area (Å²) in [6.45, 7) is -0.188. The summed E-state index contributed by atoms with van der Waals surface area (Å²) in [6.07, 6.45) is 0. The number of anilines is 1. The number of methoxy groups -OCH3 is 2.